The fraction of sp³-hybridized carbons (Fsp3) is 0.273. The van der Waals surface area contributed by atoms with Crippen LogP contribution >= 0.6 is 11.6 Å². The number of halogens is 2. The number of amides is 2. The van der Waals surface area contributed by atoms with Crippen molar-refractivity contribution in [2.45, 2.75) is 13.0 Å². The molecule has 0 saturated carbocycles. The van der Waals surface area contributed by atoms with E-state index in [0.29, 0.717) is 0 Å². The molecule has 18 heavy (non-hydrogen) atoms. The van der Waals surface area contributed by atoms with E-state index in [1.807, 2.05) is 0 Å². The molecule has 5 nitrogen and oxygen atoms in total. The van der Waals surface area contributed by atoms with E-state index in [0.717, 1.165) is 11.0 Å². The molecule has 98 valence electrons. The second-order valence-corrected chi connectivity index (χ2v) is 4.09. The molecule has 0 aliphatic heterocycles. The Labute approximate surface area is 108 Å². The number of carbonyl (C=O) groups is 2. The van der Waals surface area contributed by atoms with E-state index in [1.165, 1.54) is 26.1 Å². The molecule has 0 aromatic heterocycles. The Morgan fingerprint density at radius 3 is 2.61 bits per heavy atom. The van der Waals surface area contributed by atoms with Crippen LogP contribution in [0.2, 0.25) is 5.02 Å². The van der Waals surface area contributed by atoms with Crippen LogP contribution in [-0.2, 0) is 4.79 Å². The molecule has 1 rings (SSSR count). The average Bonchev–Trinajstić information content (AvgIpc) is 2.31. The Hall–Kier alpha value is -1.82. The molecule has 0 spiro atoms. The highest BCUT2D eigenvalue weighted by Crippen LogP contribution is 2.19. The Balaban J connectivity index is 2.75. The van der Waals surface area contributed by atoms with E-state index in [4.69, 9.17) is 16.7 Å². The standard InChI is InChI=1S/C11H12ClFN2O3/c1-6(10(16)17)15(2)11(18)14-7-3-4-8(12)9(13)5-7/h3-6H,1-2H3,(H,14,18)(H,16,17). The number of carbonyl (C=O) groups excluding carboxylic acids is 1. The van der Waals surface area contributed by atoms with Crippen molar-refractivity contribution in [3.63, 3.8) is 0 Å². The monoisotopic (exact) mass is 274 g/mol. The number of urea groups is 1. The lowest BCUT2D eigenvalue weighted by molar-refractivity contribution is -0.141. The largest absolute Gasteiger partial charge is 0.480 e. The van der Waals surface area contributed by atoms with Crippen molar-refractivity contribution in [1.29, 1.82) is 0 Å². The molecule has 1 aromatic carbocycles. The minimum absolute atomic E-state index is 0.0553. The summed E-state index contributed by atoms with van der Waals surface area (Å²) in [4.78, 5) is 23.3. The Kier molecular flexibility index (Phi) is 4.49. The van der Waals surface area contributed by atoms with E-state index >= 15 is 0 Å². The van der Waals surface area contributed by atoms with Gasteiger partial charge < -0.3 is 15.3 Å². The van der Waals surface area contributed by atoms with Gasteiger partial charge in [0.15, 0.2) is 0 Å². The number of carboxylic acids is 1. The van der Waals surface area contributed by atoms with Crippen molar-refractivity contribution in [2.24, 2.45) is 0 Å². The van der Waals surface area contributed by atoms with Gasteiger partial charge in [0, 0.05) is 12.7 Å². The van der Waals surface area contributed by atoms with Crippen molar-refractivity contribution in [1.82, 2.24) is 4.90 Å². The van der Waals surface area contributed by atoms with Crippen LogP contribution in [0.5, 0.6) is 0 Å². The molecule has 1 atom stereocenters. The SMILES string of the molecule is CC(C(=O)O)N(C)C(=O)Nc1ccc(Cl)c(F)c1. The van der Waals surface area contributed by atoms with Crippen molar-refractivity contribution >= 4 is 29.3 Å². The van der Waals surface area contributed by atoms with E-state index in [-0.39, 0.29) is 10.7 Å². The lowest BCUT2D eigenvalue weighted by Gasteiger charge is -2.21. The molecule has 0 saturated heterocycles. The second kappa shape index (κ2) is 5.68. The van der Waals surface area contributed by atoms with Crippen LogP contribution in [0.3, 0.4) is 0 Å². The molecular formula is C11H12ClFN2O3. The van der Waals surface area contributed by atoms with Crippen molar-refractivity contribution < 1.29 is 19.1 Å². The zero-order valence-electron chi connectivity index (χ0n) is 9.78. The topological polar surface area (TPSA) is 69.6 Å². The van der Waals surface area contributed by atoms with Gasteiger partial charge in [0.1, 0.15) is 11.9 Å². The normalized spacial score (nSPS) is 11.8. The highest BCUT2D eigenvalue weighted by molar-refractivity contribution is 6.30. The van der Waals surface area contributed by atoms with Crippen LogP contribution in [0.4, 0.5) is 14.9 Å². The smallest absolute Gasteiger partial charge is 0.326 e. The Bertz CT molecular complexity index is 481. The summed E-state index contributed by atoms with van der Waals surface area (Å²) in [6.07, 6.45) is 0. The van der Waals surface area contributed by atoms with Crippen LogP contribution in [0.15, 0.2) is 18.2 Å². The van der Waals surface area contributed by atoms with Gasteiger partial charge in [-0.1, -0.05) is 11.6 Å². The number of hydrogen-bond donors (Lipinski definition) is 2. The number of carboxylic acid groups (broad SMARTS) is 1. The van der Waals surface area contributed by atoms with Gasteiger partial charge in [0.05, 0.1) is 5.02 Å². The van der Waals surface area contributed by atoms with Gasteiger partial charge in [-0.05, 0) is 25.1 Å². The van der Waals surface area contributed by atoms with Crippen LogP contribution in [0.1, 0.15) is 6.92 Å². The number of rotatable bonds is 3. The van der Waals surface area contributed by atoms with Gasteiger partial charge in [-0.25, -0.2) is 14.0 Å². The highest BCUT2D eigenvalue weighted by atomic mass is 35.5. The van der Waals surface area contributed by atoms with Crippen molar-refractivity contribution in [2.75, 3.05) is 12.4 Å². The van der Waals surface area contributed by atoms with Crippen LogP contribution in [-0.4, -0.2) is 35.1 Å². The molecule has 0 bridgehead atoms. The Morgan fingerprint density at radius 2 is 2.11 bits per heavy atom. The Morgan fingerprint density at radius 1 is 1.50 bits per heavy atom. The fourth-order valence-electron chi connectivity index (χ4n) is 1.13. The minimum atomic E-state index is -1.13. The van der Waals surface area contributed by atoms with Gasteiger partial charge >= 0.3 is 12.0 Å². The molecule has 0 radical (unpaired) electrons. The van der Waals surface area contributed by atoms with E-state index in [2.05, 4.69) is 5.32 Å². The number of nitrogens with zero attached hydrogens (tertiary/aromatic N) is 1. The summed E-state index contributed by atoms with van der Waals surface area (Å²) in [5.74, 6) is -1.79. The molecule has 0 heterocycles. The maximum Gasteiger partial charge on any atom is 0.326 e. The summed E-state index contributed by atoms with van der Waals surface area (Å²) in [7, 11) is 1.33. The molecular weight excluding hydrogens is 263 g/mol. The third-order valence-corrected chi connectivity index (χ3v) is 2.74. The zero-order valence-corrected chi connectivity index (χ0v) is 10.5. The van der Waals surface area contributed by atoms with Gasteiger partial charge in [-0.2, -0.15) is 0 Å². The van der Waals surface area contributed by atoms with Crippen molar-refractivity contribution in [3.05, 3.63) is 29.0 Å². The maximum absolute atomic E-state index is 13.1. The van der Waals surface area contributed by atoms with Crippen LogP contribution < -0.4 is 5.32 Å². The van der Waals surface area contributed by atoms with E-state index < -0.39 is 23.9 Å². The van der Waals surface area contributed by atoms with E-state index in [9.17, 15) is 14.0 Å². The molecule has 1 aromatic rings. The quantitative estimate of drug-likeness (QED) is 0.889. The summed E-state index contributed by atoms with van der Waals surface area (Å²) in [5, 5.41) is 11.1. The van der Waals surface area contributed by atoms with Crippen LogP contribution in [0.25, 0.3) is 0 Å². The predicted molar refractivity (Wildman–Crippen MR) is 65.3 cm³/mol. The number of benzene rings is 1. The fourth-order valence-corrected chi connectivity index (χ4v) is 1.24. The first-order valence-electron chi connectivity index (χ1n) is 5.04. The number of aliphatic carboxylic acids is 1. The number of nitrogens with one attached hydrogen (secondary N) is 1. The summed E-state index contributed by atoms with van der Waals surface area (Å²) < 4.78 is 13.1. The molecule has 7 heteroatoms. The third-order valence-electron chi connectivity index (χ3n) is 2.43. The molecule has 0 aliphatic rings. The summed E-state index contributed by atoms with van der Waals surface area (Å²) in [6, 6.07) is 2.14. The summed E-state index contributed by atoms with van der Waals surface area (Å²) in [5.41, 5.74) is 0.200. The average molecular weight is 275 g/mol. The van der Waals surface area contributed by atoms with Crippen molar-refractivity contribution in [3.8, 4) is 0 Å². The molecule has 0 aliphatic carbocycles. The minimum Gasteiger partial charge on any atom is -0.480 e. The second-order valence-electron chi connectivity index (χ2n) is 3.68. The predicted octanol–water partition coefficient (Wildman–Crippen LogP) is 2.42. The molecule has 2 amide bonds. The number of likely N-dealkylation sites (N-methyl/N-ethyl adjacent to an activating group) is 1. The van der Waals surface area contributed by atoms with Gasteiger partial charge in [0.2, 0.25) is 0 Å². The van der Waals surface area contributed by atoms with Crippen LogP contribution in [0, 0.1) is 5.82 Å². The van der Waals surface area contributed by atoms with Gasteiger partial charge in [0.25, 0.3) is 0 Å². The number of hydrogen-bond acceptors (Lipinski definition) is 2. The lowest BCUT2D eigenvalue weighted by atomic mass is 10.3. The lowest BCUT2D eigenvalue weighted by Crippen LogP contribution is -2.42. The molecule has 0 fully saturated rings. The van der Waals surface area contributed by atoms with E-state index in [1.54, 1.807) is 0 Å². The number of anilines is 1. The summed E-state index contributed by atoms with van der Waals surface area (Å²) in [6.45, 7) is 1.37. The van der Waals surface area contributed by atoms with Gasteiger partial charge in [-0.15, -0.1) is 0 Å². The van der Waals surface area contributed by atoms with Gasteiger partial charge in [-0.3, -0.25) is 0 Å². The first-order chi connectivity index (χ1) is 8.32. The zero-order chi connectivity index (χ0) is 13.9. The summed E-state index contributed by atoms with van der Waals surface area (Å²) >= 11 is 5.50. The third kappa shape index (κ3) is 3.33. The highest BCUT2D eigenvalue weighted by Gasteiger charge is 2.21. The first kappa shape index (κ1) is 14.2. The molecule has 1 unspecified atom stereocenters. The molecule has 2 N–H and O–H groups in total. The maximum atomic E-state index is 13.1. The first-order valence-corrected chi connectivity index (χ1v) is 5.42.